The summed E-state index contributed by atoms with van der Waals surface area (Å²) in [5.41, 5.74) is 2.53. The molecule has 1 N–H and O–H groups in total. The number of ether oxygens (including phenoxy) is 2. The summed E-state index contributed by atoms with van der Waals surface area (Å²) in [6.45, 7) is 12.5. The molecule has 1 aromatic heterocycles. The van der Waals surface area contributed by atoms with E-state index in [0.717, 1.165) is 35.0 Å². The van der Waals surface area contributed by atoms with Crippen molar-refractivity contribution >= 4 is 28.8 Å². The zero-order valence-electron chi connectivity index (χ0n) is 21.2. The third-order valence-corrected chi connectivity index (χ3v) is 8.67. The number of benzene rings is 1. The van der Waals surface area contributed by atoms with Gasteiger partial charge in [-0.15, -0.1) is 11.3 Å². The molecular formula is C27H37ClN2O4S. The second-order valence-electron chi connectivity index (χ2n) is 10.1. The van der Waals surface area contributed by atoms with Crippen molar-refractivity contribution in [1.82, 2.24) is 9.80 Å². The average Bonchev–Trinajstić information content (AvgIpc) is 3.13. The highest BCUT2D eigenvalue weighted by atomic mass is 35.5. The van der Waals surface area contributed by atoms with Gasteiger partial charge in [0.25, 0.3) is 0 Å². The molecule has 0 spiro atoms. The van der Waals surface area contributed by atoms with E-state index in [-0.39, 0.29) is 25.0 Å². The van der Waals surface area contributed by atoms with Crippen molar-refractivity contribution in [2.24, 2.45) is 0 Å². The van der Waals surface area contributed by atoms with Crippen LogP contribution in [0.3, 0.4) is 0 Å². The number of aryl methyl sites for hydroxylation is 4. The lowest BCUT2D eigenvalue weighted by Gasteiger charge is -2.43. The Morgan fingerprint density at radius 2 is 1.86 bits per heavy atom. The van der Waals surface area contributed by atoms with Gasteiger partial charge in [-0.1, -0.05) is 11.6 Å². The van der Waals surface area contributed by atoms with Crippen molar-refractivity contribution in [2.75, 3.05) is 39.4 Å². The van der Waals surface area contributed by atoms with Gasteiger partial charge in [-0.2, -0.15) is 0 Å². The molecule has 192 valence electrons. The fourth-order valence-electron chi connectivity index (χ4n) is 5.09. The number of carbonyl (C=O) groups excluding carboxylic acids is 1. The zero-order valence-corrected chi connectivity index (χ0v) is 22.8. The van der Waals surface area contributed by atoms with E-state index in [1.54, 1.807) is 0 Å². The molecule has 1 atom stereocenters. The molecule has 6 nitrogen and oxygen atoms in total. The number of morpholine rings is 1. The Bertz CT molecular complexity index is 1030. The lowest BCUT2D eigenvalue weighted by atomic mass is 9.95. The average molecular weight is 521 g/mol. The molecule has 2 aromatic rings. The molecule has 1 amide bonds. The fourth-order valence-corrected chi connectivity index (χ4v) is 6.14. The molecule has 1 unspecified atom stereocenters. The van der Waals surface area contributed by atoms with Crippen molar-refractivity contribution < 1.29 is 19.4 Å². The van der Waals surface area contributed by atoms with E-state index in [4.69, 9.17) is 21.1 Å². The lowest BCUT2D eigenvalue weighted by Crippen LogP contribution is -2.57. The predicted octanol–water partition coefficient (Wildman–Crippen LogP) is 4.66. The molecule has 8 heteroatoms. The van der Waals surface area contributed by atoms with Crippen molar-refractivity contribution in [2.45, 2.75) is 65.2 Å². The Kier molecular flexibility index (Phi) is 8.44. The number of piperidine rings is 1. The van der Waals surface area contributed by atoms with Crippen LogP contribution in [0.25, 0.3) is 0 Å². The quantitative estimate of drug-likeness (QED) is 0.575. The summed E-state index contributed by atoms with van der Waals surface area (Å²) in [7, 11) is 0. The highest BCUT2D eigenvalue weighted by molar-refractivity contribution is 7.12. The first-order valence-corrected chi connectivity index (χ1v) is 13.6. The Morgan fingerprint density at radius 1 is 1.17 bits per heavy atom. The molecule has 0 bridgehead atoms. The van der Waals surface area contributed by atoms with Crippen LogP contribution in [-0.4, -0.2) is 71.9 Å². The third-order valence-electron chi connectivity index (χ3n) is 7.07. The monoisotopic (exact) mass is 520 g/mol. The molecule has 2 fully saturated rings. The van der Waals surface area contributed by atoms with Gasteiger partial charge >= 0.3 is 0 Å². The van der Waals surface area contributed by atoms with E-state index in [0.29, 0.717) is 39.1 Å². The maximum atomic E-state index is 13.3. The molecule has 2 saturated heterocycles. The lowest BCUT2D eigenvalue weighted by molar-refractivity contribution is -0.158. The summed E-state index contributed by atoms with van der Waals surface area (Å²) < 4.78 is 12.6. The van der Waals surface area contributed by atoms with Gasteiger partial charge in [0.1, 0.15) is 18.0 Å². The summed E-state index contributed by atoms with van der Waals surface area (Å²) >= 11 is 8.17. The van der Waals surface area contributed by atoms with E-state index < -0.39 is 5.60 Å². The number of carbonyl (C=O) groups is 1. The molecule has 35 heavy (non-hydrogen) atoms. The molecule has 2 aliphatic rings. The second kappa shape index (κ2) is 11.2. The highest BCUT2D eigenvalue weighted by Crippen LogP contribution is 2.31. The predicted molar refractivity (Wildman–Crippen MR) is 141 cm³/mol. The summed E-state index contributed by atoms with van der Waals surface area (Å²) in [6.07, 6.45) is 1.20. The fraction of sp³-hybridized carbons (Fsp3) is 0.593. The van der Waals surface area contributed by atoms with E-state index >= 15 is 0 Å². The van der Waals surface area contributed by atoms with Crippen LogP contribution in [0, 0.1) is 27.7 Å². The number of likely N-dealkylation sites (tertiary alicyclic amines) is 1. The van der Waals surface area contributed by atoms with Gasteiger partial charge in [0, 0.05) is 47.5 Å². The zero-order chi connectivity index (χ0) is 25.2. The normalized spacial score (nSPS) is 21.9. The number of aliphatic hydroxyl groups is 1. The number of aliphatic hydroxyl groups excluding tert-OH is 1. The van der Waals surface area contributed by atoms with Crippen molar-refractivity contribution in [3.63, 3.8) is 0 Å². The van der Waals surface area contributed by atoms with Gasteiger partial charge in [-0.05, 0) is 75.4 Å². The number of halogens is 1. The number of hydrogen-bond donors (Lipinski definition) is 1. The van der Waals surface area contributed by atoms with Gasteiger partial charge in [0.05, 0.1) is 19.1 Å². The van der Waals surface area contributed by atoms with Crippen LogP contribution >= 0.6 is 22.9 Å². The number of hydrogen-bond acceptors (Lipinski definition) is 6. The minimum atomic E-state index is -0.744. The summed E-state index contributed by atoms with van der Waals surface area (Å²) in [5.74, 6) is 0.802. The van der Waals surface area contributed by atoms with Crippen molar-refractivity contribution in [3.05, 3.63) is 49.7 Å². The van der Waals surface area contributed by atoms with Crippen LogP contribution in [0.4, 0.5) is 0 Å². The molecule has 0 saturated carbocycles. The number of thiophene rings is 1. The van der Waals surface area contributed by atoms with Crippen LogP contribution in [-0.2, 0) is 16.1 Å². The topological polar surface area (TPSA) is 62.2 Å². The molecular weight excluding hydrogens is 484 g/mol. The Labute approximate surface area is 217 Å². The molecule has 0 radical (unpaired) electrons. The third kappa shape index (κ3) is 6.57. The van der Waals surface area contributed by atoms with Crippen molar-refractivity contribution in [3.8, 4) is 5.75 Å². The Balaban J connectivity index is 1.52. The van der Waals surface area contributed by atoms with Crippen LogP contribution in [0.2, 0.25) is 5.02 Å². The van der Waals surface area contributed by atoms with E-state index in [1.807, 2.05) is 42.2 Å². The van der Waals surface area contributed by atoms with Crippen molar-refractivity contribution in [1.29, 1.82) is 0 Å². The van der Waals surface area contributed by atoms with Gasteiger partial charge in [-0.3, -0.25) is 9.69 Å². The summed E-state index contributed by atoms with van der Waals surface area (Å²) in [5, 5.41) is 10.6. The van der Waals surface area contributed by atoms with Gasteiger partial charge in [0.15, 0.2) is 0 Å². The van der Waals surface area contributed by atoms with Gasteiger partial charge < -0.3 is 19.5 Å². The van der Waals surface area contributed by atoms with Gasteiger partial charge in [-0.25, -0.2) is 0 Å². The van der Waals surface area contributed by atoms with E-state index in [1.165, 1.54) is 15.3 Å². The minimum absolute atomic E-state index is 0.0633. The molecule has 3 heterocycles. The second-order valence-corrected chi connectivity index (χ2v) is 12.0. The summed E-state index contributed by atoms with van der Waals surface area (Å²) in [4.78, 5) is 20.2. The van der Waals surface area contributed by atoms with E-state index in [2.05, 4.69) is 24.8 Å². The van der Waals surface area contributed by atoms with Crippen LogP contribution in [0.5, 0.6) is 5.75 Å². The van der Waals surface area contributed by atoms with Crippen LogP contribution < -0.4 is 4.74 Å². The molecule has 1 aromatic carbocycles. The minimum Gasteiger partial charge on any atom is -0.490 e. The first kappa shape index (κ1) is 26.4. The first-order valence-electron chi connectivity index (χ1n) is 12.4. The first-order chi connectivity index (χ1) is 16.6. The van der Waals surface area contributed by atoms with Crippen LogP contribution in [0.1, 0.15) is 45.7 Å². The number of rotatable bonds is 7. The number of nitrogens with zero attached hydrogens (tertiary/aromatic N) is 2. The molecule has 2 aliphatic heterocycles. The standard InChI is InChI=1S/C27H37ClN2O4S/c1-18-11-24(12-19(2)26(18)28)33-17-27(14-25(32)30-7-5-23(31)6-8-30)16-29(9-10-34-27)15-22-13-20(3)35-21(22)4/h11-13,23,31H,5-10,14-17H2,1-4H3. The number of amides is 1. The van der Waals surface area contributed by atoms with E-state index in [9.17, 15) is 9.90 Å². The summed E-state index contributed by atoms with van der Waals surface area (Å²) in [6, 6.07) is 6.14. The largest absolute Gasteiger partial charge is 0.490 e. The Morgan fingerprint density at radius 3 is 2.49 bits per heavy atom. The maximum absolute atomic E-state index is 13.3. The maximum Gasteiger partial charge on any atom is 0.225 e. The molecule has 4 rings (SSSR count). The van der Waals surface area contributed by atoms with Gasteiger partial charge in [0.2, 0.25) is 5.91 Å². The van der Waals surface area contributed by atoms with Crippen LogP contribution in [0.15, 0.2) is 18.2 Å². The molecule has 0 aliphatic carbocycles. The smallest absolute Gasteiger partial charge is 0.225 e. The highest BCUT2D eigenvalue weighted by Gasteiger charge is 2.41. The SMILES string of the molecule is Cc1cc(CN2CCOC(COc3cc(C)c(Cl)c(C)c3)(CC(=O)N3CCC(O)CC3)C2)c(C)s1. The Hall–Kier alpha value is -1.64.